The van der Waals surface area contributed by atoms with Crippen LogP contribution in [0.2, 0.25) is 0 Å². The Balaban J connectivity index is 1.80. The number of alkyl halides is 3. The molecule has 0 saturated carbocycles. The summed E-state index contributed by atoms with van der Waals surface area (Å²) >= 11 is 0. The number of amides is 1. The van der Waals surface area contributed by atoms with Crippen molar-refractivity contribution in [2.45, 2.75) is 20.0 Å². The van der Waals surface area contributed by atoms with E-state index in [1.165, 1.54) is 37.1 Å². The van der Waals surface area contributed by atoms with Gasteiger partial charge in [0.1, 0.15) is 12.4 Å². The molecule has 0 aliphatic heterocycles. The van der Waals surface area contributed by atoms with Gasteiger partial charge in [0.05, 0.1) is 17.8 Å². The first-order valence-corrected chi connectivity index (χ1v) is 9.80. The minimum atomic E-state index is -4.53. The van der Waals surface area contributed by atoms with E-state index in [-0.39, 0.29) is 24.5 Å². The predicted octanol–water partition coefficient (Wildman–Crippen LogP) is 4.02. The lowest BCUT2D eigenvalue weighted by atomic mass is 10.2. The summed E-state index contributed by atoms with van der Waals surface area (Å²) in [6.07, 6.45) is -4.53. The number of carbonyl (C=O) groups is 1. The molecule has 1 aromatic heterocycles. The number of aromatic nitrogens is 2. The van der Waals surface area contributed by atoms with Crippen LogP contribution in [-0.2, 0) is 6.18 Å². The molecule has 0 atom stereocenters. The molecule has 0 N–H and O–H groups in total. The lowest BCUT2D eigenvalue weighted by molar-refractivity contribution is -0.137. The summed E-state index contributed by atoms with van der Waals surface area (Å²) in [5.74, 6) is 0.00906. The number of halogens is 3. The lowest BCUT2D eigenvalue weighted by Crippen LogP contribution is -2.36. The van der Waals surface area contributed by atoms with Crippen molar-refractivity contribution in [2.24, 2.45) is 0 Å². The van der Waals surface area contributed by atoms with Gasteiger partial charge in [-0.3, -0.25) is 9.59 Å². The summed E-state index contributed by atoms with van der Waals surface area (Å²) in [5.41, 5.74) is -0.416. The molecule has 168 valence electrons. The summed E-state index contributed by atoms with van der Waals surface area (Å²) in [7, 11) is 1.50. The van der Waals surface area contributed by atoms with Gasteiger partial charge in [0.25, 0.3) is 5.91 Å². The third-order valence-corrected chi connectivity index (χ3v) is 4.76. The Kier molecular flexibility index (Phi) is 6.67. The molecule has 2 aromatic carbocycles. The molecule has 0 aliphatic rings. The molecule has 0 spiro atoms. The zero-order chi connectivity index (χ0) is 23.5. The number of rotatable bonds is 6. The van der Waals surface area contributed by atoms with Crippen LogP contribution in [0.15, 0.2) is 59.4 Å². The largest absolute Gasteiger partial charge is 0.492 e. The minimum Gasteiger partial charge on any atom is -0.492 e. The quantitative estimate of drug-likeness (QED) is 0.575. The first-order chi connectivity index (χ1) is 15.1. The highest BCUT2D eigenvalue weighted by Crippen LogP contribution is 2.30. The molecule has 0 saturated heterocycles. The van der Waals surface area contributed by atoms with Gasteiger partial charge in [-0.05, 0) is 49.7 Å². The number of hydrogen-bond acceptors (Lipinski definition) is 4. The molecule has 3 aromatic rings. The van der Waals surface area contributed by atoms with Gasteiger partial charge < -0.3 is 9.64 Å². The Morgan fingerprint density at radius 3 is 2.50 bits per heavy atom. The van der Waals surface area contributed by atoms with Crippen molar-refractivity contribution < 1.29 is 22.7 Å². The maximum atomic E-state index is 13.1. The van der Waals surface area contributed by atoms with Crippen LogP contribution in [-0.4, -0.2) is 40.8 Å². The van der Waals surface area contributed by atoms with Crippen molar-refractivity contribution in [3.63, 3.8) is 0 Å². The predicted molar refractivity (Wildman–Crippen MR) is 113 cm³/mol. The number of aryl methyl sites for hydroxylation is 2. The smallest absolute Gasteiger partial charge is 0.416 e. The highest BCUT2D eigenvalue weighted by molar-refractivity contribution is 5.91. The molecule has 1 heterocycles. The number of nitrogens with zero attached hydrogens (tertiary/aromatic N) is 3. The Hall–Kier alpha value is -3.62. The fourth-order valence-corrected chi connectivity index (χ4v) is 3.06. The molecule has 0 radical (unpaired) electrons. The first-order valence-electron chi connectivity index (χ1n) is 9.80. The van der Waals surface area contributed by atoms with Gasteiger partial charge in [0.15, 0.2) is 5.69 Å². The third-order valence-electron chi connectivity index (χ3n) is 4.76. The second-order valence-corrected chi connectivity index (χ2v) is 7.35. The lowest BCUT2D eigenvalue weighted by Gasteiger charge is -2.18. The van der Waals surface area contributed by atoms with Crippen LogP contribution in [0.25, 0.3) is 5.69 Å². The highest BCUT2D eigenvalue weighted by Gasteiger charge is 2.30. The van der Waals surface area contributed by atoms with Gasteiger partial charge in [-0.25, -0.2) is 4.68 Å². The number of ether oxygens (including phenoxy) is 1. The van der Waals surface area contributed by atoms with Gasteiger partial charge in [-0.2, -0.15) is 18.3 Å². The number of carbonyl (C=O) groups excluding carboxylic acids is 1. The average Bonchev–Trinajstić information content (AvgIpc) is 2.73. The second-order valence-electron chi connectivity index (χ2n) is 7.35. The van der Waals surface area contributed by atoms with Gasteiger partial charge in [-0.1, -0.05) is 18.2 Å². The Bertz CT molecular complexity index is 1190. The molecule has 0 unspecified atom stereocenters. The van der Waals surface area contributed by atoms with Crippen LogP contribution in [0, 0.1) is 13.8 Å². The molecule has 6 nitrogen and oxygen atoms in total. The molecule has 0 aliphatic carbocycles. The standard InChI is InChI=1S/C23H22F3N3O3/c1-15-6-4-9-19(12-15)32-11-10-28(3)22(31)21-20(30)13-16(2)29(27-21)18-8-5-7-17(14-18)23(24,25)26/h4-9,12-14H,10-11H2,1-3H3. The zero-order valence-corrected chi connectivity index (χ0v) is 17.8. The molecule has 3 rings (SSSR count). The molecule has 9 heteroatoms. The van der Waals surface area contributed by atoms with E-state index < -0.39 is 23.1 Å². The van der Waals surface area contributed by atoms with Crippen LogP contribution in [0.5, 0.6) is 5.75 Å². The van der Waals surface area contributed by atoms with Crippen LogP contribution in [0.4, 0.5) is 13.2 Å². The van der Waals surface area contributed by atoms with Crippen LogP contribution in [0.1, 0.15) is 27.3 Å². The molecular weight excluding hydrogens is 423 g/mol. The van der Waals surface area contributed by atoms with Crippen LogP contribution < -0.4 is 10.2 Å². The normalized spacial score (nSPS) is 11.3. The summed E-state index contributed by atoms with van der Waals surface area (Å²) in [5, 5.41) is 4.07. The SMILES string of the molecule is Cc1cccc(OCCN(C)C(=O)c2nn(-c3cccc(C(F)(F)F)c3)c(C)cc2=O)c1. The number of hydrogen-bond donors (Lipinski definition) is 0. The molecule has 0 bridgehead atoms. The number of benzene rings is 2. The Morgan fingerprint density at radius 2 is 1.81 bits per heavy atom. The van der Waals surface area contributed by atoms with E-state index in [1.54, 1.807) is 6.07 Å². The number of likely N-dealkylation sites (N-methyl/N-ethyl adjacent to an activating group) is 1. The van der Waals surface area contributed by atoms with E-state index >= 15 is 0 Å². The van der Waals surface area contributed by atoms with Crippen LogP contribution >= 0.6 is 0 Å². The fourth-order valence-electron chi connectivity index (χ4n) is 3.06. The zero-order valence-electron chi connectivity index (χ0n) is 17.8. The van der Waals surface area contributed by atoms with E-state index in [4.69, 9.17) is 4.74 Å². The summed E-state index contributed by atoms with van der Waals surface area (Å²) in [6.45, 7) is 3.84. The van der Waals surface area contributed by atoms with Crippen LogP contribution in [0.3, 0.4) is 0 Å². The maximum Gasteiger partial charge on any atom is 0.416 e. The van der Waals surface area contributed by atoms with Gasteiger partial charge >= 0.3 is 6.18 Å². The Morgan fingerprint density at radius 1 is 1.09 bits per heavy atom. The molecule has 0 fully saturated rings. The van der Waals surface area contributed by atoms with E-state index in [1.807, 2.05) is 25.1 Å². The summed E-state index contributed by atoms with van der Waals surface area (Å²) < 4.78 is 46.0. The van der Waals surface area contributed by atoms with Crippen molar-refractivity contribution in [1.82, 2.24) is 14.7 Å². The van der Waals surface area contributed by atoms with E-state index in [0.717, 1.165) is 22.4 Å². The van der Waals surface area contributed by atoms with Crippen molar-refractivity contribution in [1.29, 1.82) is 0 Å². The topological polar surface area (TPSA) is 64.4 Å². The molecule has 1 amide bonds. The maximum absolute atomic E-state index is 13.1. The molecular formula is C23H22F3N3O3. The average molecular weight is 445 g/mol. The monoisotopic (exact) mass is 445 g/mol. The van der Waals surface area contributed by atoms with Crippen molar-refractivity contribution >= 4 is 5.91 Å². The first kappa shape index (κ1) is 23.1. The van der Waals surface area contributed by atoms with E-state index in [9.17, 15) is 22.8 Å². The fraction of sp³-hybridized carbons (Fsp3) is 0.261. The second kappa shape index (κ2) is 9.25. The van der Waals surface area contributed by atoms with Gasteiger partial charge in [0, 0.05) is 18.8 Å². The van der Waals surface area contributed by atoms with Crippen molar-refractivity contribution in [3.8, 4) is 11.4 Å². The van der Waals surface area contributed by atoms with E-state index in [0.29, 0.717) is 11.4 Å². The van der Waals surface area contributed by atoms with Crippen molar-refractivity contribution in [2.75, 3.05) is 20.2 Å². The Labute approximate surface area is 182 Å². The highest BCUT2D eigenvalue weighted by atomic mass is 19.4. The minimum absolute atomic E-state index is 0.0943. The summed E-state index contributed by atoms with van der Waals surface area (Å²) in [4.78, 5) is 26.5. The van der Waals surface area contributed by atoms with Gasteiger partial charge in [-0.15, -0.1) is 0 Å². The van der Waals surface area contributed by atoms with E-state index in [2.05, 4.69) is 5.10 Å². The summed E-state index contributed by atoms with van der Waals surface area (Å²) in [6, 6.07) is 13.1. The van der Waals surface area contributed by atoms with Crippen molar-refractivity contribution in [3.05, 3.63) is 87.3 Å². The molecule has 32 heavy (non-hydrogen) atoms. The third kappa shape index (κ3) is 5.35. The van der Waals surface area contributed by atoms with Gasteiger partial charge in [0.2, 0.25) is 5.43 Å².